The van der Waals surface area contributed by atoms with E-state index in [1.54, 1.807) is 0 Å². The van der Waals surface area contributed by atoms with Crippen LogP contribution in [0.3, 0.4) is 0 Å². The van der Waals surface area contributed by atoms with E-state index in [2.05, 4.69) is 38.0 Å². The zero-order chi connectivity index (χ0) is 13.1. The minimum atomic E-state index is 0.705. The number of fused-ring (bicyclic) bond motifs is 2. The molecule has 0 aromatic rings. The summed E-state index contributed by atoms with van der Waals surface area (Å²) in [5.74, 6) is 0.858. The highest BCUT2D eigenvalue weighted by Gasteiger charge is 2.38. The molecule has 0 radical (unpaired) electrons. The van der Waals surface area contributed by atoms with Gasteiger partial charge in [-0.05, 0) is 52.0 Å². The summed E-state index contributed by atoms with van der Waals surface area (Å²) in [5.41, 5.74) is 0. The van der Waals surface area contributed by atoms with Gasteiger partial charge in [0.05, 0.1) is 0 Å². The SMILES string of the molecule is CC(C)CCCC(C)NC1CC2CCC(C1)N2C. The van der Waals surface area contributed by atoms with Crippen LogP contribution in [-0.2, 0) is 0 Å². The highest BCUT2D eigenvalue weighted by Crippen LogP contribution is 2.34. The maximum atomic E-state index is 3.89. The summed E-state index contributed by atoms with van der Waals surface area (Å²) in [6.45, 7) is 7.03. The first-order valence-electron chi connectivity index (χ1n) is 8.04. The Morgan fingerprint density at radius 2 is 1.67 bits per heavy atom. The number of rotatable bonds is 6. The summed E-state index contributed by atoms with van der Waals surface area (Å²) >= 11 is 0. The van der Waals surface area contributed by atoms with Crippen LogP contribution in [0.1, 0.15) is 65.7 Å². The monoisotopic (exact) mass is 252 g/mol. The van der Waals surface area contributed by atoms with Crippen molar-refractivity contribution in [3.63, 3.8) is 0 Å². The van der Waals surface area contributed by atoms with E-state index < -0.39 is 0 Å². The summed E-state index contributed by atoms with van der Waals surface area (Å²) < 4.78 is 0. The highest BCUT2D eigenvalue weighted by atomic mass is 15.2. The van der Waals surface area contributed by atoms with Gasteiger partial charge in [0.15, 0.2) is 0 Å². The summed E-state index contributed by atoms with van der Waals surface area (Å²) in [5, 5.41) is 3.89. The molecule has 0 aromatic carbocycles. The van der Waals surface area contributed by atoms with Crippen molar-refractivity contribution in [2.75, 3.05) is 7.05 Å². The maximum Gasteiger partial charge on any atom is 0.0111 e. The Hall–Kier alpha value is -0.0800. The number of hydrogen-bond donors (Lipinski definition) is 1. The second-order valence-corrected chi connectivity index (χ2v) is 7.11. The van der Waals surface area contributed by atoms with E-state index in [9.17, 15) is 0 Å². The van der Waals surface area contributed by atoms with Crippen LogP contribution >= 0.6 is 0 Å². The predicted molar refractivity (Wildman–Crippen MR) is 78.9 cm³/mol. The highest BCUT2D eigenvalue weighted by molar-refractivity contribution is 4.96. The largest absolute Gasteiger partial charge is 0.311 e. The number of nitrogens with zero attached hydrogens (tertiary/aromatic N) is 1. The normalized spacial score (nSPS) is 34.2. The average Bonchev–Trinajstić information content (AvgIpc) is 2.51. The fourth-order valence-corrected chi connectivity index (χ4v) is 3.87. The van der Waals surface area contributed by atoms with Crippen LogP contribution in [-0.4, -0.2) is 36.1 Å². The van der Waals surface area contributed by atoms with Crippen molar-refractivity contribution >= 4 is 0 Å². The quantitative estimate of drug-likeness (QED) is 0.779. The molecule has 2 aliphatic heterocycles. The van der Waals surface area contributed by atoms with E-state index in [4.69, 9.17) is 0 Å². The fraction of sp³-hybridized carbons (Fsp3) is 1.00. The molecule has 2 nitrogen and oxygen atoms in total. The van der Waals surface area contributed by atoms with E-state index in [1.807, 2.05) is 0 Å². The summed E-state index contributed by atoms with van der Waals surface area (Å²) in [4.78, 5) is 2.63. The van der Waals surface area contributed by atoms with Crippen molar-refractivity contribution in [3.05, 3.63) is 0 Å². The van der Waals surface area contributed by atoms with Crippen molar-refractivity contribution in [1.29, 1.82) is 0 Å². The van der Waals surface area contributed by atoms with Crippen molar-refractivity contribution in [2.24, 2.45) is 5.92 Å². The molecular weight excluding hydrogens is 220 g/mol. The summed E-state index contributed by atoms with van der Waals surface area (Å²) in [7, 11) is 2.32. The molecule has 0 saturated carbocycles. The second-order valence-electron chi connectivity index (χ2n) is 7.11. The molecule has 106 valence electrons. The van der Waals surface area contributed by atoms with E-state index >= 15 is 0 Å². The first-order chi connectivity index (χ1) is 8.56. The Morgan fingerprint density at radius 1 is 1.06 bits per heavy atom. The molecule has 18 heavy (non-hydrogen) atoms. The molecule has 0 aliphatic carbocycles. The lowest BCUT2D eigenvalue weighted by Gasteiger charge is -2.38. The molecule has 2 bridgehead atoms. The van der Waals surface area contributed by atoms with Crippen molar-refractivity contribution in [2.45, 2.75) is 89.9 Å². The standard InChI is InChI=1S/C16H32N2/c1-12(2)6-5-7-13(3)17-14-10-15-8-9-16(11-14)18(15)4/h12-17H,5-11H2,1-4H3. The molecule has 3 atom stereocenters. The Labute approximate surface area is 114 Å². The lowest BCUT2D eigenvalue weighted by atomic mass is 9.96. The van der Waals surface area contributed by atoms with Gasteiger partial charge in [-0.3, -0.25) is 0 Å². The maximum absolute atomic E-state index is 3.89. The fourth-order valence-electron chi connectivity index (χ4n) is 3.87. The molecule has 2 rings (SSSR count). The molecule has 0 amide bonds. The molecule has 3 unspecified atom stereocenters. The molecular formula is C16H32N2. The third-order valence-corrected chi connectivity index (χ3v) is 5.04. The molecule has 2 saturated heterocycles. The Bertz CT molecular complexity index is 237. The predicted octanol–water partition coefficient (Wildman–Crippen LogP) is 3.42. The number of hydrogen-bond acceptors (Lipinski definition) is 2. The first kappa shape index (κ1) is 14.3. The third kappa shape index (κ3) is 3.71. The van der Waals surface area contributed by atoms with Gasteiger partial charge in [-0.1, -0.05) is 26.7 Å². The average molecular weight is 252 g/mol. The molecule has 0 spiro atoms. The molecule has 0 aromatic heterocycles. The van der Waals surface area contributed by atoms with Gasteiger partial charge in [0.2, 0.25) is 0 Å². The van der Waals surface area contributed by atoms with Crippen molar-refractivity contribution < 1.29 is 0 Å². The van der Waals surface area contributed by atoms with Crippen molar-refractivity contribution in [1.82, 2.24) is 10.2 Å². The number of nitrogens with one attached hydrogen (secondary N) is 1. The molecule has 2 aliphatic rings. The van der Waals surface area contributed by atoms with Gasteiger partial charge in [-0.25, -0.2) is 0 Å². The van der Waals surface area contributed by atoms with Gasteiger partial charge in [0.1, 0.15) is 0 Å². The van der Waals surface area contributed by atoms with Gasteiger partial charge < -0.3 is 10.2 Å². The van der Waals surface area contributed by atoms with Crippen LogP contribution in [0, 0.1) is 5.92 Å². The lowest BCUT2D eigenvalue weighted by molar-refractivity contribution is 0.143. The van der Waals surface area contributed by atoms with Gasteiger partial charge in [0.25, 0.3) is 0 Å². The smallest absolute Gasteiger partial charge is 0.0111 e. The Kier molecular flexibility index (Phi) is 5.08. The van der Waals surface area contributed by atoms with E-state index in [-0.39, 0.29) is 0 Å². The minimum absolute atomic E-state index is 0.705. The van der Waals surface area contributed by atoms with Gasteiger partial charge in [0, 0.05) is 24.2 Å². The topological polar surface area (TPSA) is 15.3 Å². The number of piperidine rings is 1. The van der Waals surface area contributed by atoms with Gasteiger partial charge >= 0.3 is 0 Å². The van der Waals surface area contributed by atoms with Crippen LogP contribution in [0.4, 0.5) is 0 Å². The van der Waals surface area contributed by atoms with Gasteiger partial charge in [-0.2, -0.15) is 0 Å². The van der Waals surface area contributed by atoms with E-state index in [0.717, 1.165) is 24.0 Å². The lowest BCUT2D eigenvalue weighted by Crippen LogP contribution is -2.49. The Morgan fingerprint density at radius 3 is 2.22 bits per heavy atom. The summed E-state index contributed by atoms with van der Waals surface area (Å²) in [6, 6.07) is 3.22. The zero-order valence-corrected chi connectivity index (χ0v) is 12.8. The zero-order valence-electron chi connectivity index (χ0n) is 12.8. The Balaban J connectivity index is 1.67. The van der Waals surface area contributed by atoms with E-state index in [0.29, 0.717) is 6.04 Å². The second kappa shape index (κ2) is 6.38. The third-order valence-electron chi connectivity index (χ3n) is 5.04. The van der Waals surface area contributed by atoms with Crippen LogP contribution < -0.4 is 5.32 Å². The van der Waals surface area contributed by atoms with Crippen LogP contribution in [0.2, 0.25) is 0 Å². The molecule has 2 heterocycles. The first-order valence-corrected chi connectivity index (χ1v) is 8.04. The molecule has 2 fully saturated rings. The van der Waals surface area contributed by atoms with Crippen molar-refractivity contribution in [3.8, 4) is 0 Å². The molecule has 2 heteroatoms. The minimum Gasteiger partial charge on any atom is -0.311 e. The van der Waals surface area contributed by atoms with Crippen LogP contribution in [0.25, 0.3) is 0 Å². The van der Waals surface area contributed by atoms with Crippen LogP contribution in [0.5, 0.6) is 0 Å². The van der Waals surface area contributed by atoms with Gasteiger partial charge in [-0.15, -0.1) is 0 Å². The van der Waals surface area contributed by atoms with E-state index in [1.165, 1.54) is 44.9 Å². The summed E-state index contributed by atoms with van der Waals surface area (Å²) in [6.07, 6.45) is 9.72. The van der Waals surface area contributed by atoms with Crippen LogP contribution in [0.15, 0.2) is 0 Å². The molecule has 1 N–H and O–H groups in total.